The third-order valence-electron chi connectivity index (χ3n) is 5.18. The first-order chi connectivity index (χ1) is 11.1. The largest absolute Gasteiger partial charge is 0.458 e. The van der Waals surface area contributed by atoms with E-state index in [1.807, 2.05) is 13.8 Å². The van der Waals surface area contributed by atoms with E-state index < -0.39 is 6.10 Å². The van der Waals surface area contributed by atoms with Gasteiger partial charge < -0.3 is 14.6 Å². The molecule has 1 saturated heterocycles. The number of ether oxygens (including phenoxy) is 2. The molecule has 0 aromatic rings. The van der Waals surface area contributed by atoms with Crippen LogP contribution < -0.4 is 0 Å². The number of aliphatic hydroxyl groups excluding tert-OH is 1. The van der Waals surface area contributed by atoms with Crippen molar-refractivity contribution in [2.45, 2.75) is 84.7 Å². The van der Waals surface area contributed by atoms with Crippen molar-refractivity contribution in [1.82, 2.24) is 0 Å². The van der Waals surface area contributed by atoms with Crippen molar-refractivity contribution in [1.29, 1.82) is 0 Å². The summed E-state index contributed by atoms with van der Waals surface area (Å²) in [5, 5.41) is 10.9. The molecule has 1 fully saturated rings. The Morgan fingerprint density at radius 3 is 2.71 bits per heavy atom. The first-order valence-corrected chi connectivity index (χ1v) is 9.01. The van der Waals surface area contributed by atoms with Crippen LogP contribution in [0.1, 0.15) is 60.8 Å². The van der Waals surface area contributed by atoms with Gasteiger partial charge in [-0.3, -0.25) is 0 Å². The van der Waals surface area contributed by atoms with Gasteiger partial charge in [-0.2, -0.15) is 0 Å². The zero-order valence-electron chi connectivity index (χ0n) is 15.8. The summed E-state index contributed by atoms with van der Waals surface area (Å²) in [6.07, 6.45) is 5.09. The number of rotatable bonds is 3. The van der Waals surface area contributed by atoms with E-state index in [9.17, 15) is 9.90 Å². The summed E-state index contributed by atoms with van der Waals surface area (Å²) < 4.78 is 11.6. The summed E-state index contributed by atoms with van der Waals surface area (Å²) in [5.41, 5.74) is 1.85. The van der Waals surface area contributed by atoms with Crippen molar-refractivity contribution in [2.75, 3.05) is 0 Å². The Balaban J connectivity index is 2.29. The maximum absolute atomic E-state index is 12.2. The first kappa shape index (κ1) is 19.2. The summed E-state index contributed by atoms with van der Waals surface area (Å²) in [6.45, 7) is 12.0. The number of carbonyl (C=O) groups is 1. The van der Waals surface area contributed by atoms with E-state index in [2.05, 4.69) is 33.8 Å². The second-order valence-corrected chi connectivity index (χ2v) is 8.15. The second kappa shape index (κ2) is 7.40. The number of fused-ring (bicyclic) bond motifs is 1. The Hall–Kier alpha value is -1.13. The van der Waals surface area contributed by atoms with Crippen molar-refractivity contribution in [3.8, 4) is 0 Å². The number of esters is 1. The smallest absolute Gasteiger partial charge is 0.330 e. The molecule has 0 saturated carbocycles. The van der Waals surface area contributed by atoms with Crippen LogP contribution in [0.2, 0.25) is 0 Å². The molecule has 5 atom stereocenters. The average molecular weight is 336 g/mol. The van der Waals surface area contributed by atoms with Gasteiger partial charge in [0.2, 0.25) is 0 Å². The molecule has 0 aromatic carbocycles. The normalized spacial score (nSPS) is 38.6. The Morgan fingerprint density at radius 2 is 2.12 bits per heavy atom. The Morgan fingerprint density at radius 1 is 1.46 bits per heavy atom. The molecule has 2 aliphatic rings. The van der Waals surface area contributed by atoms with Crippen LogP contribution in [-0.4, -0.2) is 35.0 Å². The molecule has 4 heteroatoms. The lowest BCUT2D eigenvalue weighted by atomic mass is 9.78. The molecule has 2 rings (SSSR count). The SMILES string of the molecule is CC(C)=CC(=O)O[C@H]1C/C(C)=C/CC[C@]2(C)O[C@H]2[C@H](O)[C@@H]1C(C)C. The molecule has 1 N–H and O–H groups in total. The zero-order chi connectivity index (χ0) is 18.1. The zero-order valence-corrected chi connectivity index (χ0v) is 15.8. The highest BCUT2D eigenvalue weighted by molar-refractivity contribution is 5.82. The lowest BCUT2D eigenvalue weighted by Crippen LogP contribution is -2.43. The number of epoxide rings is 1. The topological polar surface area (TPSA) is 59.1 Å². The van der Waals surface area contributed by atoms with Crippen molar-refractivity contribution < 1.29 is 19.4 Å². The Bertz CT molecular complexity index is 530. The standard InChI is InChI=1S/C20H32O4/c1-12(2)10-16(21)23-15-11-14(5)8-7-9-20(6)19(24-20)18(22)17(15)13(3)4/h8,10,13,15,17-19,22H,7,9,11H2,1-6H3/b14-8+/t15-,17+,18+,19-,20-/m0/s1. The van der Waals surface area contributed by atoms with Gasteiger partial charge in [-0.15, -0.1) is 0 Å². The molecule has 1 heterocycles. The quantitative estimate of drug-likeness (QED) is 0.369. The molecular weight excluding hydrogens is 304 g/mol. The number of carbonyl (C=O) groups excluding carboxylic acids is 1. The van der Waals surface area contributed by atoms with E-state index in [1.165, 1.54) is 11.6 Å². The van der Waals surface area contributed by atoms with Crippen LogP contribution in [0.3, 0.4) is 0 Å². The van der Waals surface area contributed by atoms with Crippen LogP contribution in [0.5, 0.6) is 0 Å². The Kier molecular flexibility index (Phi) is 5.92. The minimum Gasteiger partial charge on any atom is -0.458 e. The van der Waals surface area contributed by atoms with Crippen LogP contribution in [0, 0.1) is 11.8 Å². The van der Waals surface area contributed by atoms with Crippen molar-refractivity contribution in [2.24, 2.45) is 11.8 Å². The molecule has 0 amide bonds. The second-order valence-electron chi connectivity index (χ2n) is 8.15. The van der Waals surface area contributed by atoms with E-state index in [0.717, 1.165) is 18.4 Å². The Labute approximate surface area is 145 Å². The molecule has 0 bridgehead atoms. The predicted octanol–water partition coefficient (Wildman–Crippen LogP) is 3.79. The minimum absolute atomic E-state index is 0.146. The van der Waals surface area contributed by atoms with E-state index in [1.54, 1.807) is 0 Å². The van der Waals surface area contributed by atoms with Gasteiger partial charge in [0.1, 0.15) is 12.2 Å². The number of hydrogen-bond donors (Lipinski definition) is 1. The highest BCUT2D eigenvalue weighted by Gasteiger charge is 2.58. The molecule has 0 radical (unpaired) electrons. The van der Waals surface area contributed by atoms with Gasteiger partial charge in [0.25, 0.3) is 0 Å². The number of hydrogen-bond acceptors (Lipinski definition) is 4. The maximum atomic E-state index is 12.2. The molecule has 0 unspecified atom stereocenters. The van der Waals surface area contributed by atoms with Crippen molar-refractivity contribution >= 4 is 5.97 Å². The van der Waals surface area contributed by atoms with E-state index >= 15 is 0 Å². The molecular formula is C20H32O4. The molecule has 0 aromatic heterocycles. The molecule has 0 spiro atoms. The summed E-state index contributed by atoms with van der Waals surface area (Å²) >= 11 is 0. The minimum atomic E-state index is -0.620. The highest BCUT2D eigenvalue weighted by atomic mass is 16.6. The molecule has 1 aliphatic heterocycles. The van der Waals surface area contributed by atoms with E-state index in [-0.39, 0.29) is 35.6 Å². The average Bonchev–Trinajstić information content (AvgIpc) is 3.08. The van der Waals surface area contributed by atoms with E-state index in [4.69, 9.17) is 9.47 Å². The van der Waals surface area contributed by atoms with Crippen LogP contribution in [-0.2, 0) is 14.3 Å². The van der Waals surface area contributed by atoms with Crippen molar-refractivity contribution in [3.63, 3.8) is 0 Å². The third-order valence-corrected chi connectivity index (χ3v) is 5.18. The number of aliphatic hydroxyl groups is 1. The first-order valence-electron chi connectivity index (χ1n) is 9.01. The summed E-state index contributed by atoms with van der Waals surface area (Å²) in [4.78, 5) is 12.2. The lowest BCUT2D eigenvalue weighted by Gasteiger charge is -2.34. The van der Waals surface area contributed by atoms with E-state index in [0.29, 0.717) is 6.42 Å². The molecule has 4 nitrogen and oxygen atoms in total. The highest BCUT2D eigenvalue weighted by Crippen LogP contribution is 2.47. The maximum Gasteiger partial charge on any atom is 0.330 e. The monoisotopic (exact) mass is 336 g/mol. The summed E-state index contributed by atoms with van der Waals surface area (Å²) in [5.74, 6) is -0.292. The van der Waals surface area contributed by atoms with Crippen LogP contribution >= 0.6 is 0 Å². The molecule has 136 valence electrons. The summed E-state index contributed by atoms with van der Waals surface area (Å²) in [6, 6.07) is 0. The van der Waals surface area contributed by atoms with Crippen LogP contribution in [0.4, 0.5) is 0 Å². The van der Waals surface area contributed by atoms with Crippen molar-refractivity contribution in [3.05, 3.63) is 23.3 Å². The van der Waals surface area contributed by atoms with Crippen LogP contribution in [0.25, 0.3) is 0 Å². The molecule has 24 heavy (non-hydrogen) atoms. The third kappa shape index (κ3) is 4.48. The van der Waals surface area contributed by atoms with Gasteiger partial charge >= 0.3 is 5.97 Å². The van der Waals surface area contributed by atoms with Gasteiger partial charge in [0, 0.05) is 18.4 Å². The molecule has 1 aliphatic carbocycles. The van der Waals surface area contributed by atoms with Gasteiger partial charge in [-0.25, -0.2) is 4.79 Å². The number of allylic oxidation sites excluding steroid dienone is 2. The van der Waals surface area contributed by atoms with Gasteiger partial charge in [-0.1, -0.05) is 31.1 Å². The van der Waals surface area contributed by atoms with Gasteiger partial charge in [-0.05, 0) is 46.5 Å². The fraction of sp³-hybridized carbons (Fsp3) is 0.750. The summed E-state index contributed by atoms with van der Waals surface area (Å²) in [7, 11) is 0. The van der Waals surface area contributed by atoms with Gasteiger partial charge in [0.15, 0.2) is 0 Å². The lowest BCUT2D eigenvalue weighted by molar-refractivity contribution is -0.150. The fourth-order valence-electron chi connectivity index (χ4n) is 3.81. The van der Waals surface area contributed by atoms with Crippen LogP contribution in [0.15, 0.2) is 23.3 Å². The fourth-order valence-corrected chi connectivity index (χ4v) is 3.81. The van der Waals surface area contributed by atoms with Gasteiger partial charge in [0.05, 0.1) is 11.7 Å². The predicted molar refractivity (Wildman–Crippen MR) is 94.5 cm³/mol.